The molecular formula is C13H16Br2N2O. The number of hydrogen-bond acceptors (Lipinski definition) is 2. The van der Waals surface area contributed by atoms with Crippen molar-refractivity contribution in [3.05, 3.63) is 32.7 Å². The van der Waals surface area contributed by atoms with Crippen LogP contribution in [0.1, 0.15) is 29.6 Å². The maximum absolute atomic E-state index is 12.2. The molecule has 0 aliphatic heterocycles. The molecule has 1 amide bonds. The molecule has 0 radical (unpaired) electrons. The summed E-state index contributed by atoms with van der Waals surface area (Å²) in [4.78, 5) is 12.2. The largest absolute Gasteiger partial charge is 0.349 e. The zero-order valence-electron chi connectivity index (χ0n) is 9.96. The van der Waals surface area contributed by atoms with Crippen molar-refractivity contribution in [2.75, 3.05) is 6.54 Å². The van der Waals surface area contributed by atoms with E-state index in [1.165, 1.54) is 0 Å². The van der Waals surface area contributed by atoms with Gasteiger partial charge in [0.2, 0.25) is 0 Å². The van der Waals surface area contributed by atoms with Gasteiger partial charge in [-0.2, -0.15) is 0 Å². The molecule has 2 atom stereocenters. The van der Waals surface area contributed by atoms with E-state index in [1.807, 2.05) is 18.2 Å². The fourth-order valence-electron chi connectivity index (χ4n) is 2.43. The van der Waals surface area contributed by atoms with Crippen LogP contribution < -0.4 is 11.1 Å². The Morgan fingerprint density at radius 3 is 2.83 bits per heavy atom. The van der Waals surface area contributed by atoms with Crippen molar-refractivity contribution in [2.45, 2.75) is 25.3 Å². The van der Waals surface area contributed by atoms with Crippen LogP contribution in [0.15, 0.2) is 27.1 Å². The Bertz CT molecular complexity index is 451. The van der Waals surface area contributed by atoms with Gasteiger partial charge >= 0.3 is 0 Å². The fraction of sp³-hybridized carbons (Fsp3) is 0.462. The van der Waals surface area contributed by atoms with E-state index in [0.717, 1.165) is 28.2 Å². The van der Waals surface area contributed by atoms with E-state index in [4.69, 9.17) is 5.73 Å². The van der Waals surface area contributed by atoms with Crippen LogP contribution in [0.3, 0.4) is 0 Å². The SMILES string of the molecule is NCC1CCCC1NC(=O)c1ccc(Br)cc1Br. The van der Waals surface area contributed by atoms with E-state index in [9.17, 15) is 4.79 Å². The predicted molar refractivity (Wildman–Crippen MR) is 79.5 cm³/mol. The first-order chi connectivity index (χ1) is 8.61. The van der Waals surface area contributed by atoms with E-state index in [2.05, 4.69) is 37.2 Å². The van der Waals surface area contributed by atoms with E-state index < -0.39 is 0 Å². The number of benzene rings is 1. The third kappa shape index (κ3) is 3.13. The zero-order valence-corrected chi connectivity index (χ0v) is 13.1. The lowest BCUT2D eigenvalue weighted by Crippen LogP contribution is -2.39. The van der Waals surface area contributed by atoms with Crippen molar-refractivity contribution < 1.29 is 4.79 Å². The molecule has 0 saturated heterocycles. The van der Waals surface area contributed by atoms with E-state index in [0.29, 0.717) is 18.0 Å². The van der Waals surface area contributed by atoms with Crippen molar-refractivity contribution in [2.24, 2.45) is 11.7 Å². The average Bonchev–Trinajstić information content (AvgIpc) is 2.76. The van der Waals surface area contributed by atoms with Crippen LogP contribution in [0.25, 0.3) is 0 Å². The second kappa shape index (κ2) is 6.17. The standard InChI is InChI=1S/C13H16Br2N2O/c14-9-4-5-10(11(15)6-9)13(18)17-12-3-1-2-8(12)7-16/h4-6,8,12H,1-3,7,16H2,(H,17,18). The van der Waals surface area contributed by atoms with Gasteiger partial charge in [-0.15, -0.1) is 0 Å². The van der Waals surface area contributed by atoms with Gasteiger partial charge in [-0.3, -0.25) is 4.79 Å². The van der Waals surface area contributed by atoms with Gasteiger partial charge < -0.3 is 11.1 Å². The minimum atomic E-state index is -0.0280. The summed E-state index contributed by atoms with van der Waals surface area (Å²) < 4.78 is 1.75. The van der Waals surface area contributed by atoms with Crippen LogP contribution in [0, 0.1) is 5.92 Å². The number of carbonyl (C=O) groups is 1. The molecule has 1 fully saturated rings. The summed E-state index contributed by atoms with van der Waals surface area (Å²) in [5, 5.41) is 3.09. The molecule has 2 rings (SSSR count). The molecule has 3 N–H and O–H groups in total. The number of amides is 1. The molecule has 1 aliphatic carbocycles. The van der Waals surface area contributed by atoms with Gasteiger partial charge in [0.05, 0.1) is 5.56 Å². The van der Waals surface area contributed by atoms with Gasteiger partial charge in [-0.1, -0.05) is 22.4 Å². The highest BCUT2D eigenvalue weighted by Crippen LogP contribution is 2.26. The predicted octanol–water partition coefficient (Wildman–Crippen LogP) is 3.07. The molecule has 1 saturated carbocycles. The lowest BCUT2D eigenvalue weighted by atomic mass is 10.0. The smallest absolute Gasteiger partial charge is 0.252 e. The van der Waals surface area contributed by atoms with Gasteiger partial charge in [0.15, 0.2) is 0 Å². The number of carbonyl (C=O) groups excluding carboxylic acids is 1. The summed E-state index contributed by atoms with van der Waals surface area (Å²) in [7, 11) is 0. The lowest BCUT2D eigenvalue weighted by Gasteiger charge is -2.19. The maximum Gasteiger partial charge on any atom is 0.252 e. The number of halogens is 2. The van der Waals surface area contributed by atoms with Crippen LogP contribution >= 0.6 is 31.9 Å². The van der Waals surface area contributed by atoms with Crippen LogP contribution in [0.4, 0.5) is 0 Å². The number of nitrogens with one attached hydrogen (secondary N) is 1. The van der Waals surface area contributed by atoms with Gasteiger partial charge in [0, 0.05) is 15.0 Å². The van der Waals surface area contributed by atoms with Crippen LogP contribution in [-0.4, -0.2) is 18.5 Å². The van der Waals surface area contributed by atoms with Crippen LogP contribution in [0.5, 0.6) is 0 Å². The molecule has 98 valence electrons. The first kappa shape index (κ1) is 14.0. The minimum Gasteiger partial charge on any atom is -0.349 e. The average molecular weight is 376 g/mol. The summed E-state index contributed by atoms with van der Waals surface area (Å²) in [6, 6.07) is 5.78. The third-order valence-electron chi connectivity index (χ3n) is 3.45. The highest BCUT2D eigenvalue weighted by Gasteiger charge is 2.27. The number of nitrogens with two attached hydrogens (primary N) is 1. The lowest BCUT2D eigenvalue weighted by molar-refractivity contribution is 0.0928. The van der Waals surface area contributed by atoms with Gasteiger partial charge in [0.1, 0.15) is 0 Å². The quantitative estimate of drug-likeness (QED) is 0.852. The topological polar surface area (TPSA) is 55.1 Å². The van der Waals surface area contributed by atoms with E-state index >= 15 is 0 Å². The van der Waals surface area contributed by atoms with Crippen LogP contribution in [0.2, 0.25) is 0 Å². The van der Waals surface area contributed by atoms with Crippen molar-refractivity contribution in [3.63, 3.8) is 0 Å². The molecule has 18 heavy (non-hydrogen) atoms. The van der Waals surface area contributed by atoms with Crippen molar-refractivity contribution >= 4 is 37.8 Å². The summed E-state index contributed by atoms with van der Waals surface area (Å²) in [6.07, 6.45) is 3.29. The fourth-order valence-corrected chi connectivity index (χ4v) is 3.66. The Balaban J connectivity index is 2.07. The highest BCUT2D eigenvalue weighted by atomic mass is 79.9. The Kier molecular flexibility index (Phi) is 4.81. The second-order valence-corrected chi connectivity index (χ2v) is 6.40. The van der Waals surface area contributed by atoms with Crippen molar-refractivity contribution in [1.82, 2.24) is 5.32 Å². The molecule has 2 unspecified atom stereocenters. The van der Waals surface area contributed by atoms with Gasteiger partial charge in [-0.25, -0.2) is 0 Å². The summed E-state index contributed by atoms with van der Waals surface area (Å²) in [6.45, 7) is 0.645. The summed E-state index contributed by atoms with van der Waals surface area (Å²) >= 11 is 6.79. The van der Waals surface area contributed by atoms with Crippen LogP contribution in [-0.2, 0) is 0 Å². The first-order valence-electron chi connectivity index (χ1n) is 6.08. The molecule has 0 bridgehead atoms. The molecule has 1 aromatic carbocycles. The van der Waals surface area contributed by atoms with Crippen molar-refractivity contribution in [1.29, 1.82) is 0 Å². The molecule has 1 aliphatic rings. The van der Waals surface area contributed by atoms with E-state index in [1.54, 1.807) is 0 Å². The molecule has 3 nitrogen and oxygen atoms in total. The van der Waals surface area contributed by atoms with Gasteiger partial charge in [0.25, 0.3) is 5.91 Å². The monoisotopic (exact) mass is 374 g/mol. The Morgan fingerprint density at radius 1 is 1.39 bits per heavy atom. The first-order valence-corrected chi connectivity index (χ1v) is 7.66. The second-order valence-electron chi connectivity index (χ2n) is 4.63. The molecule has 0 spiro atoms. The summed E-state index contributed by atoms with van der Waals surface area (Å²) in [5.74, 6) is 0.392. The molecule has 0 heterocycles. The Morgan fingerprint density at radius 2 is 2.17 bits per heavy atom. The minimum absolute atomic E-state index is 0.0280. The number of rotatable bonds is 3. The molecule has 1 aromatic rings. The number of hydrogen-bond donors (Lipinski definition) is 2. The highest BCUT2D eigenvalue weighted by molar-refractivity contribution is 9.11. The zero-order chi connectivity index (χ0) is 13.1. The molecule has 5 heteroatoms. The molecule has 0 aromatic heterocycles. The Labute approximate surface area is 124 Å². The molecular weight excluding hydrogens is 360 g/mol. The normalized spacial score (nSPS) is 23.1. The Hall–Kier alpha value is -0.390. The van der Waals surface area contributed by atoms with E-state index in [-0.39, 0.29) is 11.9 Å². The third-order valence-corrected chi connectivity index (χ3v) is 4.60. The maximum atomic E-state index is 12.2. The summed E-state index contributed by atoms with van der Waals surface area (Å²) in [5.41, 5.74) is 6.39. The van der Waals surface area contributed by atoms with Gasteiger partial charge in [-0.05, 0) is 59.4 Å². The van der Waals surface area contributed by atoms with Crippen molar-refractivity contribution in [3.8, 4) is 0 Å².